The van der Waals surface area contributed by atoms with Gasteiger partial charge in [0.1, 0.15) is 4.83 Å². The molecule has 7 heteroatoms. The third kappa shape index (κ3) is 3.56. The molecule has 0 radical (unpaired) electrons. The predicted molar refractivity (Wildman–Crippen MR) is 112 cm³/mol. The van der Waals surface area contributed by atoms with Crippen molar-refractivity contribution >= 4 is 39.2 Å². The number of rotatable bonds is 4. The standard InChI is InChI=1S/C20H27N3O2S2/c1-3-13-8-6-7-11-23(13)16(24)12-26-20-21-18-17(19(25)22(20)2)14-9-4-5-10-15(14)27-18/h13H,3-12H2,1-2H3. The van der Waals surface area contributed by atoms with E-state index in [9.17, 15) is 9.59 Å². The van der Waals surface area contributed by atoms with Crippen LogP contribution in [-0.2, 0) is 24.7 Å². The lowest BCUT2D eigenvalue weighted by molar-refractivity contribution is -0.132. The molecule has 1 aliphatic carbocycles. The molecular weight excluding hydrogens is 378 g/mol. The summed E-state index contributed by atoms with van der Waals surface area (Å²) in [5.74, 6) is 0.527. The van der Waals surface area contributed by atoms with Gasteiger partial charge in [0.05, 0.1) is 11.1 Å². The topological polar surface area (TPSA) is 55.2 Å². The Balaban J connectivity index is 1.56. The molecule has 2 aromatic rings. The van der Waals surface area contributed by atoms with Crippen molar-refractivity contribution in [1.29, 1.82) is 0 Å². The summed E-state index contributed by atoms with van der Waals surface area (Å²) < 4.78 is 1.63. The van der Waals surface area contributed by atoms with Gasteiger partial charge in [0.25, 0.3) is 5.56 Å². The zero-order valence-corrected chi connectivity index (χ0v) is 17.8. The Morgan fingerprint density at radius 2 is 2.07 bits per heavy atom. The smallest absolute Gasteiger partial charge is 0.262 e. The number of hydrogen-bond acceptors (Lipinski definition) is 5. The van der Waals surface area contributed by atoms with Crippen LogP contribution in [0.2, 0.25) is 0 Å². The van der Waals surface area contributed by atoms with Crippen LogP contribution in [-0.4, -0.2) is 38.7 Å². The Labute approximate surface area is 168 Å². The third-order valence-corrected chi connectivity index (χ3v) is 8.10. The second-order valence-electron chi connectivity index (χ2n) is 7.58. The van der Waals surface area contributed by atoms with Gasteiger partial charge in [-0.15, -0.1) is 11.3 Å². The summed E-state index contributed by atoms with van der Waals surface area (Å²) in [5.41, 5.74) is 1.26. The summed E-state index contributed by atoms with van der Waals surface area (Å²) in [6, 6.07) is 0.370. The van der Waals surface area contributed by atoms with E-state index in [2.05, 4.69) is 6.92 Å². The number of thiophene rings is 1. The number of carbonyl (C=O) groups excluding carboxylic acids is 1. The summed E-state index contributed by atoms with van der Waals surface area (Å²) in [5, 5.41) is 1.47. The van der Waals surface area contributed by atoms with Crippen molar-refractivity contribution in [2.45, 2.75) is 69.5 Å². The first-order valence-corrected chi connectivity index (χ1v) is 11.8. The van der Waals surface area contributed by atoms with Crippen molar-refractivity contribution in [2.75, 3.05) is 12.3 Å². The molecule has 1 saturated heterocycles. The summed E-state index contributed by atoms with van der Waals surface area (Å²) in [4.78, 5) is 34.7. The van der Waals surface area contributed by atoms with E-state index in [1.807, 2.05) is 4.90 Å². The molecule has 27 heavy (non-hydrogen) atoms. The van der Waals surface area contributed by atoms with Crippen LogP contribution in [0, 0.1) is 0 Å². The van der Waals surface area contributed by atoms with E-state index in [1.165, 1.54) is 35.0 Å². The van der Waals surface area contributed by atoms with Gasteiger partial charge in [-0.05, 0) is 56.9 Å². The van der Waals surface area contributed by atoms with Gasteiger partial charge in [0, 0.05) is 24.5 Å². The minimum absolute atomic E-state index is 0.0405. The molecule has 0 aromatic carbocycles. The molecule has 2 aromatic heterocycles. The minimum Gasteiger partial charge on any atom is -0.339 e. The van der Waals surface area contributed by atoms with Crippen LogP contribution in [0.3, 0.4) is 0 Å². The van der Waals surface area contributed by atoms with E-state index in [4.69, 9.17) is 4.98 Å². The van der Waals surface area contributed by atoms with Gasteiger partial charge in [-0.25, -0.2) is 4.98 Å². The second kappa shape index (κ2) is 7.95. The molecule has 0 saturated carbocycles. The Bertz CT molecular complexity index is 918. The lowest BCUT2D eigenvalue weighted by Crippen LogP contribution is -2.44. The van der Waals surface area contributed by atoms with Gasteiger partial charge >= 0.3 is 0 Å². The normalized spacial score (nSPS) is 20.1. The van der Waals surface area contributed by atoms with Crippen molar-refractivity contribution < 1.29 is 4.79 Å². The quantitative estimate of drug-likeness (QED) is 0.574. The highest BCUT2D eigenvalue weighted by Gasteiger charge is 2.26. The molecule has 0 bridgehead atoms. The molecule has 0 N–H and O–H groups in total. The molecule has 1 fully saturated rings. The maximum Gasteiger partial charge on any atom is 0.262 e. The molecular formula is C20H27N3O2S2. The number of aryl methyl sites for hydroxylation is 2. The van der Waals surface area contributed by atoms with Crippen LogP contribution < -0.4 is 5.56 Å². The number of likely N-dealkylation sites (tertiary alicyclic amines) is 1. The zero-order chi connectivity index (χ0) is 19.0. The summed E-state index contributed by atoms with van der Waals surface area (Å²) in [6.45, 7) is 3.02. The average molecular weight is 406 g/mol. The summed E-state index contributed by atoms with van der Waals surface area (Å²) in [7, 11) is 1.78. The summed E-state index contributed by atoms with van der Waals surface area (Å²) >= 11 is 3.07. The highest BCUT2D eigenvalue weighted by atomic mass is 32.2. The van der Waals surface area contributed by atoms with Crippen LogP contribution in [0.4, 0.5) is 0 Å². The van der Waals surface area contributed by atoms with E-state index in [1.54, 1.807) is 23.0 Å². The molecule has 146 valence electrons. The number of piperidine rings is 1. The van der Waals surface area contributed by atoms with Gasteiger partial charge in [0.15, 0.2) is 5.16 Å². The monoisotopic (exact) mass is 405 g/mol. The highest BCUT2D eigenvalue weighted by Crippen LogP contribution is 2.34. The molecule has 1 atom stereocenters. The molecule has 1 unspecified atom stereocenters. The molecule has 1 amide bonds. The lowest BCUT2D eigenvalue weighted by atomic mass is 9.97. The number of nitrogens with zero attached hydrogens (tertiary/aromatic N) is 3. The lowest BCUT2D eigenvalue weighted by Gasteiger charge is -2.35. The van der Waals surface area contributed by atoms with Crippen molar-refractivity contribution in [2.24, 2.45) is 7.05 Å². The van der Waals surface area contributed by atoms with Crippen molar-refractivity contribution in [1.82, 2.24) is 14.5 Å². The van der Waals surface area contributed by atoms with Gasteiger partial charge < -0.3 is 4.90 Å². The molecule has 3 heterocycles. The molecule has 2 aliphatic rings. The number of thioether (sulfide) groups is 1. The molecule has 4 rings (SSSR count). The fourth-order valence-corrected chi connectivity index (χ4v) is 6.52. The Morgan fingerprint density at radius 1 is 1.26 bits per heavy atom. The molecule has 1 aliphatic heterocycles. The van der Waals surface area contributed by atoms with E-state index in [0.29, 0.717) is 17.0 Å². The van der Waals surface area contributed by atoms with Gasteiger partial charge in [-0.1, -0.05) is 18.7 Å². The van der Waals surface area contributed by atoms with Crippen LogP contribution in [0.5, 0.6) is 0 Å². The van der Waals surface area contributed by atoms with Crippen molar-refractivity contribution in [3.8, 4) is 0 Å². The number of fused-ring (bicyclic) bond motifs is 3. The summed E-state index contributed by atoms with van der Waals surface area (Å²) in [6.07, 6.45) is 8.84. The van der Waals surface area contributed by atoms with E-state index >= 15 is 0 Å². The van der Waals surface area contributed by atoms with Gasteiger partial charge in [-0.2, -0.15) is 0 Å². The molecule has 5 nitrogen and oxygen atoms in total. The van der Waals surface area contributed by atoms with E-state index < -0.39 is 0 Å². The maximum absolute atomic E-state index is 12.9. The second-order valence-corrected chi connectivity index (χ2v) is 9.61. The largest absolute Gasteiger partial charge is 0.339 e. The van der Waals surface area contributed by atoms with Gasteiger partial charge in [-0.3, -0.25) is 14.2 Å². The minimum atomic E-state index is 0.0405. The molecule has 0 spiro atoms. The fraction of sp³-hybridized carbons (Fsp3) is 0.650. The zero-order valence-electron chi connectivity index (χ0n) is 16.1. The van der Waals surface area contributed by atoms with Gasteiger partial charge in [0.2, 0.25) is 5.91 Å². The predicted octanol–water partition coefficient (Wildman–Crippen LogP) is 3.76. The van der Waals surface area contributed by atoms with E-state index in [0.717, 1.165) is 55.3 Å². The number of aromatic nitrogens is 2. The van der Waals surface area contributed by atoms with Crippen molar-refractivity contribution in [3.63, 3.8) is 0 Å². The first-order valence-electron chi connectivity index (χ1n) is 10.0. The number of amides is 1. The van der Waals surface area contributed by atoms with Crippen LogP contribution >= 0.6 is 23.1 Å². The first-order chi connectivity index (χ1) is 13.1. The highest BCUT2D eigenvalue weighted by molar-refractivity contribution is 7.99. The first kappa shape index (κ1) is 19.0. The van der Waals surface area contributed by atoms with Crippen LogP contribution in [0.15, 0.2) is 9.95 Å². The van der Waals surface area contributed by atoms with E-state index in [-0.39, 0.29) is 11.5 Å². The SMILES string of the molecule is CCC1CCCCN1C(=O)CSc1nc2sc3c(c2c(=O)n1C)CCCC3. The third-order valence-electron chi connectivity index (χ3n) is 5.90. The van der Waals surface area contributed by atoms with Crippen LogP contribution in [0.25, 0.3) is 10.2 Å². The number of carbonyl (C=O) groups is 1. The van der Waals surface area contributed by atoms with Crippen molar-refractivity contribution in [3.05, 3.63) is 20.8 Å². The Hall–Kier alpha value is -1.34. The number of hydrogen-bond donors (Lipinski definition) is 0. The Morgan fingerprint density at radius 3 is 2.89 bits per heavy atom. The van der Waals surface area contributed by atoms with Crippen LogP contribution in [0.1, 0.15) is 55.9 Å². The Kier molecular flexibility index (Phi) is 5.60. The fourth-order valence-electron chi connectivity index (χ4n) is 4.36. The average Bonchev–Trinajstić information content (AvgIpc) is 3.07. The maximum atomic E-state index is 12.9.